The molecule has 0 fully saturated rings. The van der Waals surface area contributed by atoms with Gasteiger partial charge in [-0.1, -0.05) is 11.6 Å². The first kappa shape index (κ1) is 22.0. The topological polar surface area (TPSA) is 102 Å². The molecule has 9 heteroatoms. The monoisotopic (exact) mass is 459 g/mol. The number of hydrogen-bond acceptors (Lipinski definition) is 7. The molecule has 1 aromatic carbocycles. The Hall–Kier alpha value is -3.23. The minimum atomic E-state index is -0.917. The van der Waals surface area contributed by atoms with Gasteiger partial charge in [-0.15, -0.1) is 0 Å². The Morgan fingerprint density at radius 1 is 1.31 bits per heavy atom. The van der Waals surface area contributed by atoms with Crippen LogP contribution in [0.1, 0.15) is 36.2 Å². The van der Waals surface area contributed by atoms with Gasteiger partial charge in [0.05, 0.1) is 31.7 Å². The Morgan fingerprint density at radius 3 is 2.75 bits per heavy atom. The zero-order valence-corrected chi connectivity index (χ0v) is 18.5. The number of rotatable bonds is 8. The average Bonchev–Trinajstić information content (AvgIpc) is 3.47. The lowest BCUT2D eigenvalue weighted by Crippen LogP contribution is -2.34. The Morgan fingerprint density at radius 2 is 2.09 bits per heavy atom. The van der Waals surface area contributed by atoms with Crippen molar-refractivity contribution in [2.75, 3.05) is 20.3 Å². The summed E-state index contributed by atoms with van der Waals surface area (Å²) in [5, 5.41) is 11.6. The fourth-order valence-corrected chi connectivity index (χ4v) is 3.94. The van der Waals surface area contributed by atoms with Crippen molar-refractivity contribution < 1.29 is 33.0 Å². The summed E-state index contributed by atoms with van der Waals surface area (Å²) in [6, 6.07) is 7.07. The lowest BCUT2D eigenvalue weighted by molar-refractivity contribution is -0.130. The number of halogens is 1. The van der Waals surface area contributed by atoms with Crippen molar-refractivity contribution in [2.45, 2.75) is 26.0 Å². The quantitative estimate of drug-likeness (QED) is 0.487. The Kier molecular flexibility index (Phi) is 5.99. The zero-order chi connectivity index (χ0) is 23.0. The number of ether oxygens (including phenoxy) is 2. The highest BCUT2D eigenvalue weighted by Crippen LogP contribution is 2.40. The molecule has 1 N–H and O–H groups in total. The summed E-state index contributed by atoms with van der Waals surface area (Å²) in [6.45, 7) is 4.15. The molecule has 32 heavy (non-hydrogen) atoms. The summed E-state index contributed by atoms with van der Waals surface area (Å²) in [4.78, 5) is 27.7. The SMILES string of the molecule is COc1cc(Cl)cc2cc(C(=O)C3=C(O)C(=O)N(CCOC(C)C)C3c3ccco3)oc12. The lowest BCUT2D eigenvalue weighted by Gasteiger charge is -2.25. The van der Waals surface area contributed by atoms with Gasteiger partial charge in [-0.05, 0) is 38.1 Å². The summed E-state index contributed by atoms with van der Waals surface area (Å²) < 4.78 is 22.1. The molecular formula is C23H22ClNO7. The summed E-state index contributed by atoms with van der Waals surface area (Å²) in [7, 11) is 1.46. The summed E-state index contributed by atoms with van der Waals surface area (Å²) in [5.41, 5.74) is 0.208. The van der Waals surface area contributed by atoms with Crippen LogP contribution in [0.5, 0.6) is 5.75 Å². The number of benzene rings is 1. The Balaban J connectivity index is 1.74. The van der Waals surface area contributed by atoms with Crippen molar-refractivity contribution >= 4 is 34.3 Å². The molecule has 0 saturated carbocycles. The maximum Gasteiger partial charge on any atom is 0.290 e. The molecule has 3 aromatic rings. The number of ketones is 1. The van der Waals surface area contributed by atoms with Crippen LogP contribution < -0.4 is 4.74 Å². The van der Waals surface area contributed by atoms with Crippen molar-refractivity contribution in [1.82, 2.24) is 4.90 Å². The normalized spacial score (nSPS) is 16.6. The minimum absolute atomic E-state index is 0.0326. The predicted molar refractivity (Wildman–Crippen MR) is 116 cm³/mol. The molecule has 1 aliphatic heterocycles. The molecule has 1 unspecified atom stereocenters. The standard InChI is InChI=1S/C23H22ClNO7/c1-12(2)30-8-6-25-19(15-5-4-7-31-15)18(21(27)23(25)28)20(26)16-10-13-9-14(24)11-17(29-3)22(13)32-16/h4-5,7,9-12,19,27H,6,8H2,1-3H3. The first-order chi connectivity index (χ1) is 15.3. The molecule has 0 aliphatic carbocycles. The Labute approximate surface area is 188 Å². The van der Waals surface area contributed by atoms with E-state index in [9.17, 15) is 14.7 Å². The van der Waals surface area contributed by atoms with Crippen molar-refractivity contribution in [3.63, 3.8) is 0 Å². The molecule has 1 aliphatic rings. The van der Waals surface area contributed by atoms with Crippen LogP contribution in [0, 0.1) is 0 Å². The maximum atomic E-state index is 13.5. The molecular weight excluding hydrogens is 438 g/mol. The van der Waals surface area contributed by atoms with Crippen molar-refractivity contribution in [1.29, 1.82) is 0 Å². The summed E-state index contributed by atoms with van der Waals surface area (Å²) in [6.07, 6.45) is 1.41. The second-order valence-corrected chi connectivity index (χ2v) is 8.00. The predicted octanol–water partition coefficient (Wildman–Crippen LogP) is 4.69. The molecule has 3 heterocycles. The van der Waals surface area contributed by atoms with Crippen LogP contribution in [0.25, 0.3) is 11.0 Å². The third-order valence-electron chi connectivity index (χ3n) is 5.14. The molecule has 2 aromatic heterocycles. The van der Waals surface area contributed by atoms with Crippen LogP contribution in [-0.4, -0.2) is 48.1 Å². The highest BCUT2D eigenvalue weighted by Gasteiger charge is 2.45. The van der Waals surface area contributed by atoms with Gasteiger partial charge >= 0.3 is 0 Å². The van der Waals surface area contributed by atoms with Gasteiger partial charge in [-0.2, -0.15) is 0 Å². The van der Waals surface area contributed by atoms with Gasteiger partial charge in [0.1, 0.15) is 11.8 Å². The molecule has 0 radical (unpaired) electrons. The van der Waals surface area contributed by atoms with E-state index < -0.39 is 23.5 Å². The molecule has 0 spiro atoms. The second kappa shape index (κ2) is 8.72. The molecule has 8 nitrogen and oxygen atoms in total. The van der Waals surface area contributed by atoms with Crippen molar-refractivity contribution in [3.8, 4) is 5.75 Å². The molecule has 1 amide bonds. The van der Waals surface area contributed by atoms with Gasteiger partial charge in [0.25, 0.3) is 5.91 Å². The first-order valence-corrected chi connectivity index (χ1v) is 10.4. The number of carbonyl (C=O) groups is 2. The van der Waals surface area contributed by atoms with Crippen LogP contribution in [-0.2, 0) is 9.53 Å². The van der Waals surface area contributed by atoms with E-state index in [1.807, 2.05) is 13.8 Å². The number of methoxy groups -OCH3 is 1. The van der Waals surface area contributed by atoms with E-state index in [2.05, 4.69) is 0 Å². The Bertz CT molecular complexity index is 1190. The number of aliphatic hydroxyl groups is 1. The first-order valence-electron chi connectivity index (χ1n) is 10.0. The molecule has 4 rings (SSSR count). The molecule has 0 saturated heterocycles. The van der Waals surface area contributed by atoms with Gasteiger partial charge in [0, 0.05) is 23.0 Å². The fraction of sp³-hybridized carbons (Fsp3) is 0.304. The van der Waals surface area contributed by atoms with E-state index >= 15 is 0 Å². The number of carbonyl (C=O) groups excluding carboxylic acids is 2. The second-order valence-electron chi connectivity index (χ2n) is 7.56. The molecule has 1 atom stereocenters. The van der Waals surface area contributed by atoms with E-state index in [0.717, 1.165) is 0 Å². The van der Waals surface area contributed by atoms with Gasteiger partial charge in [0.15, 0.2) is 22.9 Å². The zero-order valence-electron chi connectivity index (χ0n) is 17.8. The maximum absolute atomic E-state index is 13.5. The van der Waals surface area contributed by atoms with Crippen molar-refractivity contribution in [2.24, 2.45) is 0 Å². The number of amides is 1. The number of fused-ring (bicyclic) bond motifs is 1. The molecule has 168 valence electrons. The van der Waals surface area contributed by atoms with E-state index in [-0.39, 0.29) is 30.6 Å². The third-order valence-corrected chi connectivity index (χ3v) is 5.35. The fourth-order valence-electron chi connectivity index (χ4n) is 3.73. The minimum Gasteiger partial charge on any atom is -0.503 e. The smallest absolute Gasteiger partial charge is 0.290 e. The number of Topliss-reactive ketones (excluding diaryl/α,β-unsaturated/α-hetero) is 1. The number of furan rings is 2. The van der Waals surface area contributed by atoms with Crippen LogP contribution in [0.2, 0.25) is 5.02 Å². The van der Waals surface area contributed by atoms with Crippen LogP contribution in [0.4, 0.5) is 0 Å². The third kappa shape index (κ3) is 3.87. The van der Waals surface area contributed by atoms with Crippen molar-refractivity contribution in [3.05, 3.63) is 64.5 Å². The van der Waals surface area contributed by atoms with E-state index in [0.29, 0.717) is 27.5 Å². The van der Waals surface area contributed by atoms with Gasteiger partial charge in [-0.25, -0.2) is 0 Å². The van der Waals surface area contributed by atoms with Crippen LogP contribution in [0.3, 0.4) is 0 Å². The average molecular weight is 460 g/mol. The van der Waals surface area contributed by atoms with E-state index in [1.54, 1.807) is 24.3 Å². The van der Waals surface area contributed by atoms with Crippen LogP contribution >= 0.6 is 11.6 Å². The van der Waals surface area contributed by atoms with Gasteiger partial charge < -0.3 is 28.3 Å². The van der Waals surface area contributed by atoms with E-state index in [4.69, 9.17) is 29.9 Å². The molecule has 0 bridgehead atoms. The van der Waals surface area contributed by atoms with Crippen LogP contribution in [0.15, 0.2) is 56.8 Å². The summed E-state index contributed by atoms with van der Waals surface area (Å²) >= 11 is 6.11. The number of aliphatic hydroxyl groups excluding tert-OH is 1. The van der Waals surface area contributed by atoms with Gasteiger partial charge in [0.2, 0.25) is 5.78 Å². The lowest BCUT2D eigenvalue weighted by atomic mass is 9.99. The highest BCUT2D eigenvalue weighted by molar-refractivity contribution is 6.31. The largest absolute Gasteiger partial charge is 0.503 e. The van der Waals surface area contributed by atoms with E-state index in [1.165, 1.54) is 24.3 Å². The van der Waals surface area contributed by atoms with Gasteiger partial charge in [-0.3, -0.25) is 9.59 Å². The summed E-state index contributed by atoms with van der Waals surface area (Å²) in [5.74, 6) is -1.33. The number of nitrogens with zero attached hydrogens (tertiary/aromatic N) is 1. The highest BCUT2D eigenvalue weighted by atomic mass is 35.5. The number of hydrogen-bond donors (Lipinski definition) is 1.